The van der Waals surface area contributed by atoms with Gasteiger partial charge in [-0.2, -0.15) is 0 Å². The second-order valence-corrected chi connectivity index (χ2v) is 6.70. The highest BCUT2D eigenvalue weighted by Crippen LogP contribution is 2.15. The predicted octanol–water partition coefficient (Wildman–Crippen LogP) is 2.78. The summed E-state index contributed by atoms with van der Waals surface area (Å²) in [5, 5.41) is 0. The Hall–Kier alpha value is -2.73. The molecule has 1 saturated heterocycles. The van der Waals surface area contributed by atoms with Crippen LogP contribution in [0.2, 0.25) is 0 Å². The van der Waals surface area contributed by atoms with Crippen molar-refractivity contribution in [3.63, 3.8) is 0 Å². The lowest BCUT2D eigenvalue weighted by Gasteiger charge is -2.34. The van der Waals surface area contributed by atoms with Gasteiger partial charge in [0.1, 0.15) is 11.6 Å². The van der Waals surface area contributed by atoms with Crippen molar-refractivity contribution in [2.24, 2.45) is 0 Å². The van der Waals surface area contributed by atoms with E-state index in [0.717, 1.165) is 5.56 Å². The monoisotopic (exact) mass is 370 g/mol. The molecule has 1 aliphatic heterocycles. The molecule has 1 amide bonds. The number of hydrogen-bond acceptors (Lipinski definition) is 4. The lowest BCUT2D eigenvalue weighted by Crippen LogP contribution is -2.49. The minimum absolute atomic E-state index is 0.0339. The number of methoxy groups -OCH3 is 1. The highest BCUT2D eigenvalue weighted by atomic mass is 19.1. The number of carbonyl (C=O) groups excluding carboxylic acids is 2. The van der Waals surface area contributed by atoms with Crippen molar-refractivity contribution in [1.29, 1.82) is 0 Å². The number of ether oxygens (including phenoxy) is 1. The molecule has 0 bridgehead atoms. The number of amides is 1. The van der Waals surface area contributed by atoms with Crippen LogP contribution in [0.15, 0.2) is 42.5 Å². The molecule has 6 heteroatoms. The largest absolute Gasteiger partial charge is 0.497 e. The Bertz CT molecular complexity index is 828. The zero-order valence-electron chi connectivity index (χ0n) is 15.6. The quantitative estimate of drug-likeness (QED) is 0.760. The summed E-state index contributed by atoms with van der Waals surface area (Å²) in [7, 11) is 1.58. The van der Waals surface area contributed by atoms with E-state index in [1.165, 1.54) is 6.07 Å². The van der Waals surface area contributed by atoms with Crippen molar-refractivity contribution < 1.29 is 18.7 Å². The summed E-state index contributed by atoms with van der Waals surface area (Å²) in [4.78, 5) is 28.7. The normalized spacial score (nSPS) is 14.9. The molecule has 0 N–H and O–H groups in total. The van der Waals surface area contributed by atoms with Gasteiger partial charge in [0, 0.05) is 31.7 Å². The Balaban J connectivity index is 1.56. The third-order valence-corrected chi connectivity index (χ3v) is 4.79. The Morgan fingerprint density at radius 2 is 1.70 bits per heavy atom. The zero-order valence-corrected chi connectivity index (χ0v) is 15.6. The minimum Gasteiger partial charge on any atom is -0.497 e. The first-order valence-electron chi connectivity index (χ1n) is 8.93. The first-order chi connectivity index (χ1) is 13.0. The van der Waals surface area contributed by atoms with Gasteiger partial charge in [0.2, 0.25) is 0 Å². The summed E-state index contributed by atoms with van der Waals surface area (Å²) in [5.74, 6) is -0.0447. The summed E-state index contributed by atoms with van der Waals surface area (Å²) in [6.45, 7) is 4.23. The second-order valence-electron chi connectivity index (χ2n) is 6.70. The van der Waals surface area contributed by atoms with Crippen LogP contribution in [0.4, 0.5) is 4.39 Å². The molecule has 27 heavy (non-hydrogen) atoms. The van der Waals surface area contributed by atoms with Crippen molar-refractivity contribution in [2.45, 2.75) is 6.92 Å². The average molecular weight is 370 g/mol. The van der Waals surface area contributed by atoms with Gasteiger partial charge in [-0.05, 0) is 43.3 Å². The number of hydrogen-bond donors (Lipinski definition) is 0. The van der Waals surface area contributed by atoms with Gasteiger partial charge >= 0.3 is 0 Å². The van der Waals surface area contributed by atoms with Crippen molar-refractivity contribution in [1.82, 2.24) is 9.80 Å². The molecule has 2 aromatic carbocycles. The number of aryl methyl sites for hydroxylation is 1. The van der Waals surface area contributed by atoms with E-state index in [1.807, 2.05) is 11.8 Å². The number of piperazine rings is 1. The van der Waals surface area contributed by atoms with Crippen LogP contribution >= 0.6 is 0 Å². The fourth-order valence-corrected chi connectivity index (χ4v) is 3.17. The molecule has 0 radical (unpaired) electrons. The molecule has 1 aliphatic rings. The molecule has 0 aliphatic carbocycles. The summed E-state index contributed by atoms with van der Waals surface area (Å²) < 4.78 is 19.0. The maximum absolute atomic E-state index is 13.9. The van der Waals surface area contributed by atoms with Crippen molar-refractivity contribution >= 4 is 11.7 Å². The fourth-order valence-electron chi connectivity index (χ4n) is 3.17. The number of carbonyl (C=O) groups is 2. The number of halogens is 1. The molecule has 142 valence electrons. The highest BCUT2D eigenvalue weighted by molar-refractivity contribution is 5.98. The summed E-state index contributed by atoms with van der Waals surface area (Å²) in [5.41, 5.74) is 1.60. The SMILES string of the molecule is COc1ccc(C(=O)N2CCN(CC(=O)c3cc(C)ccc3F)CC2)cc1. The molecule has 3 rings (SSSR count). The maximum Gasteiger partial charge on any atom is 0.253 e. The molecular formula is C21H23FN2O3. The van der Waals surface area contributed by atoms with Crippen LogP contribution in [0.1, 0.15) is 26.3 Å². The molecule has 0 unspecified atom stereocenters. The molecule has 0 saturated carbocycles. The van der Waals surface area contributed by atoms with Crippen molar-refractivity contribution in [3.8, 4) is 5.75 Å². The topological polar surface area (TPSA) is 49.9 Å². The first-order valence-corrected chi connectivity index (χ1v) is 8.93. The lowest BCUT2D eigenvalue weighted by molar-refractivity contribution is 0.0624. The number of nitrogens with zero attached hydrogens (tertiary/aromatic N) is 2. The molecule has 2 aromatic rings. The summed E-state index contributed by atoms with van der Waals surface area (Å²) in [6.07, 6.45) is 0. The van der Waals surface area contributed by atoms with Crippen LogP contribution in [-0.4, -0.2) is 61.3 Å². The average Bonchev–Trinajstić information content (AvgIpc) is 2.70. The first kappa shape index (κ1) is 19.0. The van der Waals surface area contributed by atoms with Gasteiger partial charge in [0.05, 0.1) is 19.2 Å². The van der Waals surface area contributed by atoms with Crippen LogP contribution in [0, 0.1) is 12.7 Å². The van der Waals surface area contributed by atoms with E-state index in [-0.39, 0.29) is 23.8 Å². The Kier molecular flexibility index (Phi) is 5.86. The van der Waals surface area contributed by atoms with Crippen LogP contribution in [-0.2, 0) is 0 Å². The van der Waals surface area contributed by atoms with E-state index in [9.17, 15) is 14.0 Å². The Labute approximate surface area is 158 Å². The maximum atomic E-state index is 13.9. The van der Waals surface area contributed by atoms with Crippen LogP contribution < -0.4 is 4.74 Å². The van der Waals surface area contributed by atoms with Gasteiger partial charge < -0.3 is 9.64 Å². The van der Waals surface area contributed by atoms with E-state index in [0.29, 0.717) is 37.5 Å². The highest BCUT2D eigenvalue weighted by Gasteiger charge is 2.24. The van der Waals surface area contributed by atoms with Gasteiger partial charge in [-0.25, -0.2) is 4.39 Å². The van der Waals surface area contributed by atoms with E-state index >= 15 is 0 Å². The molecule has 1 heterocycles. The van der Waals surface area contributed by atoms with Gasteiger partial charge in [0.25, 0.3) is 5.91 Å². The lowest BCUT2D eigenvalue weighted by atomic mass is 10.1. The standard InChI is InChI=1S/C21H23FN2O3/c1-15-3-8-19(22)18(13-15)20(25)14-23-9-11-24(12-10-23)21(26)16-4-6-17(27-2)7-5-16/h3-8,13H,9-12,14H2,1-2H3. The van der Waals surface area contributed by atoms with E-state index < -0.39 is 5.82 Å². The summed E-state index contributed by atoms with van der Waals surface area (Å²) in [6, 6.07) is 11.6. The molecule has 0 spiro atoms. The van der Waals surface area contributed by atoms with Gasteiger partial charge in [-0.3, -0.25) is 14.5 Å². The number of benzene rings is 2. The zero-order chi connectivity index (χ0) is 19.4. The van der Waals surface area contributed by atoms with E-state index in [2.05, 4.69) is 0 Å². The fraction of sp³-hybridized carbons (Fsp3) is 0.333. The third-order valence-electron chi connectivity index (χ3n) is 4.79. The summed E-state index contributed by atoms with van der Waals surface area (Å²) >= 11 is 0. The van der Waals surface area contributed by atoms with Crippen LogP contribution in [0.25, 0.3) is 0 Å². The van der Waals surface area contributed by atoms with Gasteiger partial charge in [-0.1, -0.05) is 11.6 Å². The Morgan fingerprint density at radius 1 is 1.04 bits per heavy atom. The van der Waals surface area contributed by atoms with Crippen molar-refractivity contribution in [3.05, 3.63) is 65.0 Å². The number of ketones is 1. The van der Waals surface area contributed by atoms with Gasteiger partial charge in [-0.15, -0.1) is 0 Å². The molecular weight excluding hydrogens is 347 g/mol. The van der Waals surface area contributed by atoms with E-state index in [4.69, 9.17) is 4.74 Å². The third kappa shape index (κ3) is 4.52. The molecule has 1 fully saturated rings. The number of rotatable bonds is 5. The van der Waals surface area contributed by atoms with Crippen LogP contribution in [0.5, 0.6) is 5.75 Å². The number of Topliss-reactive ketones (excluding diaryl/α,β-unsaturated/α-hetero) is 1. The second kappa shape index (κ2) is 8.31. The van der Waals surface area contributed by atoms with Gasteiger partial charge in [0.15, 0.2) is 5.78 Å². The molecule has 0 aromatic heterocycles. The molecule has 0 atom stereocenters. The van der Waals surface area contributed by atoms with Crippen molar-refractivity contribution in [2.75, 3.05) is 39.8 Å². The smallest absolute Gasteiger partial charge is 0.253 e. The minimum atomic E-state index is -0.487. The van der Waals surface area contributed by atoms with Crippen LogP contribution in [0.3, 0.4) is 0 Å². The Morgan fingerprint density at radius 3 is 2.33 bits per heavy atom. The molecule has 5 nitrogen and oxygen atoms in total. The van der Waals surface area contributed by atoms with E-state index in [1.54, 1.807) is 48.4 Å². The predicted molar refractivity (Wildman–Crippen MR) is 101 cm³/mol.